The fourth-order valence-electron chi connectivity index (χ4n) is 2.72. The standard InChI is InChI=1S/C19H16Cl2FN3O/c1-11-15(10-18(26)23-17-5-3-4-16(21)19(17)22)12(2)25(24-11)14-8-6-13(20)7-9-14/h3-9H,10H2,1-2H3,(H,23,26). The number of aryl methyl sites for hydroxylation is 1. The summed E-state index contributed by atoms with van der Waals surface area (Å²) >= 11 is 11.7. The molecule has 0 radical (unpaired) electrons. The number of nitrogens with zero attached hydrogens (tertiary/aromatic N) is 2. The van der Waals surface area contributed by atoms with Crippen LogP contribution in [-0.2, 0) is 11.2 Å². The first-order chi connectivity index (χ1) is 12.4. The lowest BCUT2D eigenvalue weighted by Crippen LogP contribution is -2.16. The SMILES string of the molecule is Cc1nn(-c2ccc(Cl)cc2)c(C)c1CC(=O)Nc1cccc(Cl)c1F. The van der Waals surface area contributed by atoms with E-state index in [2.05, 4.69) is 10.4 Å². The van der Waals surface area contributed by atoms with Crippen molar-refractivity contribution in [3.05, 3.63) is 75.3 Å². The molecule has 26 heavy (non-hydrogen) atoms. The number of benzene rings is 2. The van der Waals surface area contributed by atoms with Gasteiger partial charge in [0, 0.05) is 16.3 Å². The molecule has 7 heteroatoms. The van der Waals surface area contributed by atoms with E-state index >= 15 is 0 Å². The number of aromatic nitrogens is 2. The second-order valence-electron chi connectivity index (χ2n) is 5.86. The first-order valence-corrected chi connectivity index (χ1v) is 8.67. The van der Waals surface area contributed by atoms with Crippen LogP contribution in [0.1, 0.15) is 17.0 Å². The number of amides is 1. The number of hydrogen-bond acceptors (Lipinski definition) is 2. The molecule has 0 aliphatic carbocycles. The predicted octanol–water partition coefficient (Wildman–Crippen LogP) is 5.12. The monoisotopic (exact) mass is 391 g/mol. The predicted molar refractivity (Wildman–Crippen MR) is 102 cm³/mol. The summed E-state index contributed by atoms with van der Waals surface area (Å²) in [7, 11) is 0. The number of anilines is 1. The molecule has 2 aromatic carbocycles. The third-order valence-electron chi connectivity index (χ3n) is 4.08. The van der Waals surface area contributed by atoms with Gasteiger partial charge in [-0.25, -0.2) is 9.07 Å². The van der Waals surface area contributed by atoms with Gasteiger partial charge in [0.1, 0.15) is 0 Å². The lowest BCUT2D eigenvalue weighted by atomic mass is 10.1. The molecule has 1 amide bonds. The molecule has 134 valence electrons. The van der Waals surface area contributed by atoms with Crippen molar-refractivity contribution in [2.45, 2.75) is 20.3 Å². The average Bonchev–Trinajstić information content (AvgIpc) is 2.88. The maximum atomic E-state index is 13.9. The summed E-state index contributed by atoms with van der Waals surface area (Å²) in [6.45, 7) is 3.72. The van der Waals surface area contributed by atoms with Crippen molar-refractivity contribution >= 4 is 34.8 Å². The Morgan fingerprint density at radius 2 is 1.85 bits per heavy atom. The van der Waals surface area contributed by atoms with Crippen LogP contribution in [0.2, 0.25) is 10.0 Å². The molecule has 1 heterocycles. The Labute approximate surface area is 160 Å². The molecule has 0 spiro atoms. The van der Waals surface area contributed by atoms with E-state index in [1.165, 1.54) is 12.1 Å². The van der Waals surface area contributed by atoms with Crippen molar-refractivity contribution in [2.75, 3.05) is 5.32 Å². The molecule has 0 atom stereocenters. The summed E-state index contributed by atoms with van der Waals surface area (Å²) in [6, 6.07) is 11.7. The molecule has 0 aliphatic rings. The molecular formula is C19H16Cl2FN3O. The smallest absolute Gasteiger partial charge is 0.229 e. The highest BCUT2D eigenvalue weighted by Crippen LogP contribution is 2.23. The van der Waals surface area contributed by atoms with Gasteiger partial charge in [0.05, 0.1) is 28.5 Å². The Balaban J connectivity index is 1.83. The molecule has 0 fully saturated rings. The third kappa shape index (κ3) is 3.74. The van der Waals surface area contributed by atoms with Gasteiger partial charge in [-0.1, -0.05) is 29.3 Å². The van der Waals surface area contributed by atoms with Gasteiger partial charge in [-0.3, -0.25) is 4.79 Å². The molecule has 0 bridgehead atoms. The van der Waals surface area contributed by atoms with Crippen LogP contribution in [0.4, 0.5) is 10.1 Å². The fourth-order valence-corrected chi connectivity index (χ4v) is 3.02. The average molecular weight is 392 g/mol. The number of hydrogen-bond donors (Lipinski definition) is 1. The van der Waals surface area contributed by atoms with Crippen LogP contribution in [0, 0.1) is 19.7 Å². The lowest BCUT2D eigenvalue weighted by Gasteiger charge is -2.08. The highest BCUT2D eigenvalue weighted by Gasteiger charge is 2.17. The minimum absolute atomic E-state index is 0.0364. The van der Waals surface area contributed by atoms with Gasteiger partial charge in [-0.2, -0.15) is 5.10 Å². The maximum absolute atomic E-state index is 13.9. The summed E-state index contributed by atoms with van der Waals surface area (Å²) in [4.78, 5) is 12.4. The summed E-state index contributed by atoms with van der Waals surface area (Å²) in [5.41, 5.74) is 3.27. The van der Waals surface area contributed by atoms with Crippen molar-refractivity contribution in [3.8, 4) is 5.69 Å². The number of halogens is 3. The second kappa shape index (κ2) is 7.48. The molecule has 0 unspecified atom stereocenters. The molecular weight excluding hydrogens is 376 g/mol. The van der Waals surface area contributed by atoms with Crippen LogP contribution in [0.5, 0.6) is 0 Å². The quantitative estimate of drug-likeness (QED) is 0.670. The lowest BCUT2D eigenvalue weighted by molar-refractivity contribution is -0.115. The first kappa shape index (κ1) is 18.4. The van der Waals surface area contributed by atoms with E-state index in [0.717, 1.165) is 22.6 Å². The van der Waals surface area contributed by atoms with Crippen molar-refractivity contribution in [2.24, 2.45) is 0 Å². The highest BCUT2D eigenvalue weighted by molar-refractivity contribution is 6.31. The van der Waals surface area contributed by atoms with Crippen LogP contribution >= 0.6 is 23.2 Å². The zero-order chi connectivity index (χ0) is 18.8. The second-order valence-corrected chi connectivity index (χ2v) is 6.71. The maximum Gasteiger partial charge on any atom is 0.229 e. The van der Waals surface area contributed by atoms with Crippen molar-refractivity contribution in [1.82, 2.24) is 9.78 Å². The largest absolute Gasteiger partial charge is 0.323 e. The van der Waals surface area contributed by atoms with Crippen molar-refractivity contribution < 1.29 is 9.18 Å². The molecule has 0 saturated heterocycles. The van der Waals surface area contributed by atoms with Gasteiger partial charge in [-0.05, 0) is 50.2 Å². The van der Waals surface area contributed by atoms with E-state index < -0.39 is 5.82 Å². The summed E-state index contributed by atoms with van der Waals surface area (Å²) in [5, 5.41) is 7.66. The van der Waals surface area contributed by atoms with E-state index in [-0.39, 0.29) is 23.0 Å². The Bertz CT molecular complexity index is 968. The number of carbonyl (C=O) groups is 1. The molecule has 0 saturated carbocycles. The Hall–Kier alpha value is -2.37. The van der Waals surface area contributed by atoms with Crippen LogP contribution in [0.3, 0.4) is 0 Å². The van der Waals surface area contributed by atoms with E-state index in [1.54, 1.807) is 22.9 Å². The van der Waals surface area contributed by atoms with Gasteiger partial charge < -0.3 is 5.32 Å². The Kier molecular flexibility index (Phi) is 5.30. The number of rotatable bonds is 4. The van der Waals surface area contributed by atoms with Crippen LogP contribution in [-0.4, -0.2) is 15.7 Å². The van der Waals surface area contributed by atoms with Crippen molar-refractivity contribution in [1.29, 1.82) is 0 Å². The van der Waals surface area contributed by atoms with E-state index in [0.29, 0.717) is 5.02 Å². The summed E-state index contributed by atoms with van der Waals surface area (Å²) < 4.78 is 15.7. The minimum atomic E-state index is -0.646. The molecule has 3 rings (SSSR count). The number of carbonyl (C=O) groups excluding carboxylic acids is 1. The third-order valence-corrected chi connectivity index (χ3v) is 4.62. The summed E-state index contributed by atoms with van der Waals surface area (Å²) in [5.74, 6) is -0.985. The zero-order valence-electron chi connectivity index (χ0n) is 14.2. The van der Waals surface area contributed by atoms with Gasteiger partial charge in [0.25, 0.3) is 0 Å². The molecule has 4 nitrogen and oxygen atoms in total. The molecule has 1 aromatic heterocycles. The zero-order valence-corrected chi connectivity index (χ0v) is 15.7. The van der Waals surface area contributed by atoms with Crippen LogP contribution in [0.15, 0.2) is 42.5 Å². The number of nitrogens with one attached hydrogen (secondary N) is 1. The van der Waals surface area contributed by atoms with E-state index in [4.69, 9.17) is 23.2 Å². The van der Waals surface area contributed by atoms with Crippen LogP contribution in [0.25, 0.3) is 5.69 Å². The van der Waals surface area contributed by atoms with Crippen molar-refractivity contribution in [3.63, 3.8) is 0 Å². The highest BCUT2D eigenvalue weighted by atomic mass is 35.5. The molecule has 3 aromatic rings. The Morgan fingerprint density at radius 1 is 1.15 bits per heavy atom. The topological polar surface area (TPSA) is 46.9 Å². The van der Waals surface area contributed by atoms with Gasteiger partial charge >= 0.3 is 0 Å². The normalized spacial score (nSPS) is 10.8. The van der Waals surface area contributed by atoms with Gasteiger partial charge in [0.15, 0.2) is 5.82 Å². The fraction of sp³-hybridized carbons (Fsp3) is 0.158. The molecule has 1 N–H and O–H groups in total. The first-order valence-electron chi connectivity index (χ1n) is 7.91. The van der Waals surface area contributed by atoms with Gasteiger partial charge in [0.2, 0.25) is 5.91 Å². The van der Waals surface area contributed by atoms with Crippen LogP contribution < -0.4 is 5.32 Å². The minimum Gasteiger partial charge on any atom is -0.323 e. The van der Waals surface area contributed by atoms with E-state index in [9.17, 15) is 9.18 Å². The summed E-state index contributed by atoms with van der Waals surface area (Å²) in [6.07, 6.45) is 0.0806. The van der Waals surface area contributed by atoms with E-state index in [1.807, 2.05) is 26.0 Å². The van der Waals surface area contributed by atoms with Gasteiger partial charge in [-0.15, -0.1) is 0 Å². The molecule has 0 aliphatic heterocycles. The Morgan fingerprint density at radius 3 is 2.54 bits per heavy atom.